The number of carbonyl (C=O) groups is 1. The minimum atomic E-state index is -0.276. The first-order valence-corrected chi connectivity index (χ1v) is 11.1. The molecule has 0 amide bonds. The van der Waals surface area contributed by atoms with Gasteiger partial charge < -0.3 is 4.74 Å². The highest BCUT2D eigenvalue weighted by Gasteiger charge is 2.48. The Kier molecular flexibility index (Phi) is 6.78. The van der Waals surface area contributed by atoms with E-state index in [1.165, 1.54) is 75.8 Å². The van der Waals surface area contributed by atoms with Crippen molar-refractivity contribution in [3.05, 3.63) is 42.0 Å². The molecule has 2 bridgehead atoms. The molecule has 0 aromatic heterocycles. The number of esters is 1. The van der Waals surface area contributed by atoms with Crippen LogP contribution < -0.4 is 4.74 Å². The summed E-state index contributed by atoms with van der Waals surface area (Å²) in [5.74, 6) is 0.378. The first-order chi connectivity index (χ1) is 13.1. The van der Waals surface area contributed by atoms with Crippen LogP contribution in [0.25, 0.3) is 0 Å². The van der Waals surface area contributed by atoms with E-state index in [1.807, 2.05) is 18.2 Å². The summed E-state index contributed by atoms with van der Waals surface area (Å²) in [4.78, 5) is 11.8. The van der Waals surface area contributed by atoms with E-state index in [1.54, 1.807) is 0 Å². The van der Waals surface area contributed by atoms with Gasteiger partial charge in [0.25, 0.3) is 0 Å². The summed E-state index contributed by atoms with van der Waals surface area (Å²) in [7, 11) is 0. The van der Waals surface area contributed by atoms with Crippen molar-refractivity contribution >= 4 is 5.97 Å². The summed E-state index contributed by atoms with van der Waals surface area (Å²) >= 11 is 0. The molecular weight excluding hydrogens is 332 g/mol. The first kappa shape index (κ1) is 20.2. The van der Waals surface area contributed by atoms with Gasteiger partial charge in [-0.25, -0.2) is 4.79 Å². The average Bonchev–Trinajstić information content (AvgIpc) is 2.70. The zero-order chi connectivity index (χ0) is 19.2. The summed E-state index contributed by atoms with van der Waals surface area (Å²) in [5.41, 5.74) is 2.47. The van der Waals surface area contributed by atoms with Crippen LogP contribution in [0.1, 0.15) is 96.5 Å². The molecule has 0 N–H and O–H groups in total. The summed E-state index contributed by atoms with van der Waals surface area (Å²) in [6.45, 7) is 4.40. The van der Waals surface area contributed by atoms with Gasteiger partial charge in [0.1, 0.15) is 5.75 Å². The topological polar surface area (TPSA) is 26.3 Å². The molecule has 148 valence electrons. The van der Waals surface area contributed by atoms with E-state index in [0.29, 0.717) is 16.6 Å². The Hall–Kier alpha value is -1.57. The number of hydrogen-bond acceptors (Lipinski definition) is 2. The largest absolute Gasteiger partial charge is 0.423 e. The predicted molar refractivity (Wildman–Crippen MR) is 112 cm³/mol. The fraction of sp³-hybridized carbons (Fsp3) is 0.640. The van der Waals surface area contributed by atoms with Crippen LogP contribution in [-0.4, -0.2) is 5.97 Å². The number of benzene rings is 1. The molecular formula is C25H36O2. The van der Waals surface area contributed by atoms with Crippen LogP contribution in [0, 0.1) is 5.41 Å². The van der Waals surface area contributed by atoms with E-state index >= 15 is 0 Å². The number of ether oxygens (including phenoxy) is 1. The minimum absolute atomic E-state index is 0.276. The molecule has 0 spiro atoms. The lowest BCUT2D eigenvalue weighted by Gasteiger charge is -2.54. The summed E-state index contributed by atoms with van der Waals surface area (Å²) in [6, 6.07) is 8.36. The Labute approximate surface area is 165 Å². The normalized spacial score (nSPS) is 27.2. The third-order valence-corrected chi connectivity index (χ3v) is 7.11. The van der Waals surface area contributed by atoms with Gasteiger partial charge in [0, 0.05) is 6.08 Å². The maximum Gasteiger partial charge on any atom is 0.335 e. The molecule has 3 aliphatic rings. The zero-order valence-electron chi connectivity index (χ0n) is 17.3. The lowest BCUT2D eigenvalue weighted by molar-refractivity contribution is -0.129. The van der Waals surface area contributed by atoms with Gasteiger partial charge in [0.15, 0.2) is 0 Å². The molecule has 0 atom stereocenters. The van der Waals surface area contributed by atoms with Crippen LogP contribution >= 0.6 is 0 Å². The molecule has 0 unspecified atom stereocenters. The maximum absolute atomic E-state index is 11.8. The minimum Gasteiger partial charge on any atom is -0.423 e. The lowest BCUT2D eigenvalue weighted by atomic mass is 9.51. The van der Waals surface area contributed by atoms with Gasteiger partial charge >= 0.3 is 5.97 Å². The van der Waals surface area contributed by atoms with Crippen molar-refractivity contribution < 1.29 is 9.53 Å². The summed E-state index contributed by atoms with van der Waals surface area (Å²) in [5, 5.41) is 0. The highest BCUT2D eigenvalue weighted by atomic mass is 16.5. The Morgan fingerprint density at radius 1 is 0.963 bits per heavy atom. The molecule has 2 heteroatoms. The number of rotatable bonds is 9. The Morgan fingerprint density at radius 2 is 1.63 bits per heavy atom. The van der Waals surface area contributed by atoms with Crippen LogP contribution in [0.4, 0.5) is 0 Å². The standard InChI is InChI=1S/C25H36O2/c1-3-5-7-9-23(26)27-22-12-10-21(11-13-22)25-18-15-24(16-19-25,17-20-25)14-8-6-4-2/h7,9-13H,3-6,8,14-20H2,1-2H3. The quantitative estimate of drug-likeness (QED) is 0.201. The fourth-order valence-electron chi connectivity index (χ4n) is 5.19. The highest BCUT2D eigenvalue weighted by Crippen LogP contribution is 2.59. The zero-order valence-corrected chi connectivity index (χ0v) is 17.3. The highest BCUT2D eigenvalue weighted by molar-refractivity contribution is 5.83. The molecule has 2 nitrogen and oxygen atoms in total. The molecule has 3 aliphatic carbocycles. The number of carbonyl (C=O) groups excluding carboxylic acids is 1. The number of unbranched alkanes of at least 4 members (excludes halogenated alkanes) is 3. The maximum atomic E-state index is 11.8. The Bertz CT molecular complexity index is 616. The molecule has 27 heavy (non-hydrogen) atoms. The smallest absolute Gasteiger partial charge is 0.335 e. The fourth-order valence-corrected chi connectivity index (χ4v) is 5.19. The van der Waals surface area contributed by atoms with Gasteiger partial charge in [-0.05, 0) is 79.9 Å². The molecule has 3 fully saturated rings. The van der Waals surface area contributed by atoms with Crippen molar-refractivity contribution in [3.8, 4) is 5.75 Å². The van der Waals surface area contributed by atoms with Gasteiger partial charge in [-0.3, -0.25) is 0 Å². The summed E-state index contributed by atoms with van der Waals surface area (Å²) in [6.07, 6.45) is 19.1. The van der Waals surface area contributed by atoms with Crippen molar-refractivity contribution in [2.75, 3.05) is 0 Å². The predicted octanol–water partition coefficient (Wildman–Crippen LogP) is 7.12. The second kappa shape index (κ2) is 9.08. The molecule has 0 radical (unpaired) electrons. The van der Waals surface area contributed by atoms with Gasteiger partial charge in [-0.15, -0.1) is 0 Å². The molecule has 4 rings (SSSR count). The third-order valence-electron chi connectivity index (χ3n) is 7.11. The van der Waals surface area contributed by atoms with Crippen LogP contribution in [0.15, 0.2) is 36.4 Å². The van der Waals surface area contributed by atoms with Crippen molar-refractivity contribution in [1.29, 1.82) is 0 Å². The van der Waals surface area contributed by atoms with Crippen LogP contribution in [0.3, 0.4) is 0 Å². The van der Waals surface area contributed by atoms with Crippen LogP contribution in [0.2, 0.25) is 0 Å². The average molecular weight is 369 g/mol. The molecule has 0 heterocycles. The van der Waals surface area contributed by atoms with E-state index in [4.69, 9.17) is 4.74 Å². The number of hydrogen-bond donors (Lipinski definition) is 0. The molecule has 3 saturated carbocycles. The molecule has 1 aromatic carbocycles. The monoisotopic (exact) mass is 368 g/mol. The molecule has 1 aromatic rings. The van der Waals surface area contributed by atoms with Crippen molar-refractivity contribution in [2.24, 2.45) is 5.41 Å². The van der Waals surface area contributed by atoms with E-state index < -0.39 is 0 Å². The van der Waals surface area contributed by atoms with E-state index in [2.05, 4.69) is 26.0 Å². The Morgan fingerprint density at radius 3 is 2.22 bits per heavy atom. The van der Waals surface area contributed by atoms with Crippen molar-refractivity contribution in [1.82, 2.24) is 0 Å². The second-order valence-electron chi connectivity index (χ2n) is 8.87. The SMILES string of the molecule is CCCC=CC(=O)Oc1ccc(C23CCC(CCCCC)(CC2)CC3)cc1. The van der Waals surface area contributed by atoms with Crippen molar-refractivity contribution in [3.63, 3.8) is 0 Å². The van der Waals surface area contributed by atoms with Crippen LogP contribution in [0.5, 0.6) is 5.75 Å². The lowest BCUT2D eigenvalue weighted by Crippen LogP contribution is -2.44. The number of allylic oxidation sites excluding steroid dienone is 1. The second-order valence-corrected chi connectivity index (χ2v) is 8.87. The number of fused-ring (bicyclic) bond motifs is 3. The van der Waals surface area contributed by atoms with E-state index in [-0.39, 0.29) is 5.97 Å². The van der Waals surface area contributed by atoms with E-state index in [9.17, 15) is 4.79 Å². The van der Waals surface area contributed by atoms with Gasteiger partial charge in [0.05, 0.1) is 0 Å². The van der Waals surface area contributed by atoms with Crippen LogP contribution in [-0.2, 0) is 10.2 Å². The summed E-state index contributed by atoms with van der Waals surface area (Å²) < 4.78 is 5.42. The Balaban J connectivity index is 1.58. The van der Waals surface area contributed by atoms with Gasteiger partial charge in [-0.1, -0.05) is 57.7 Å². The van der Waals surface area contributed by atoms with Gasteiger partial charge in [-0.2, -0.15) is 0 Å². The van der Waals surface area contributed by atoms with Crippen molar-refractivity contribution in [2.45, 2.75) is 96.3 Å². The first-order valence-electron chi connectivity index (χ1n) is 11.1. The van der Waals surface area contributed by atoms with Gasteiger partial charge in [0.2, 0.25) is 0 Å². The molecule has 0 aliphatic heterocycles. The third kappa shape index (κ3) is 4.83. The molecule has 0 saturated heterocycles. The van der Waals surface area contributed by atoms with E-state index in [0.717, 1.165) is 12.8 Å².